The van der Waals surface area contributed by atoms with E-state index in [-0.39, 0.29) is 11.8 Å². The molecule has 0 unspecified atom stereocenters. The highest BCUT2D eigenvalue weighted by molar-refractivity contribution is 6.33. The van der Waals surface area contributed by atoms with Crippen LogP contribution in [-0.4, -0.2) is 12.1 Å². The molecule has 0 aliphatic heterocycles. The monoisotopic (exact) mass is 304 g/mol. The third-order valence-electron chi connectivity index (χ3n) is 4.74. The molecule has 1 N–H and O–H groups in total. The van der Waals surface area contributed by atoms with E-state index < -0.39 is 0 Å². The number of hydrogen-bond acceptors (Lipinski definition) is 2. The van der Waals surface area contributed by atoms with E-state index in [0.717, 1.165) is 5.56 Å². The van der Waals surface area contributed by atoms with Crippen LogP contribution in [-0.2, 0) is 4.79 Å². The van der Waals surface area contributed by atoms with Crippen LogP contribution in [0.4, 0.5) is 0 Å². The van der Waals surface area contributed by atoms with Crippen LogP contribution < -0.4 is 5.43 Å². The molecule has 0 aromatic heterocycles. The van der Waals surface area contributed by atoms with Crippen LogP contribution in [0.3, 0.4) is 0 Å². The Morgan fingerprint density at radius 2 is 1.81 bits per heavy atom. The summed E-state index contributed by atoms with van der Waals surface area (Å²) >= 11 is 6.05. The predicted molar refractivity (Wildman–Crippen MR) is 85.4 cm³/mol. The molecule has 2 saturated carbocycles. The predicted octanol–water partition coefficient (Wildman–Crippen LogP) is 4.01. The molecule has 3 nitrogen and oxygen atoms in total. The molecule has 2 atom stereocenters. The number of nitrogens with one attached hydrogen (secondary N) is 1. The first kappa shape index (κ1) is 14.6. The van der Waals surface area contributed by atoms with Gasteiger partial charge < -0.3 is 0 Å². The number of halogens is 1. The van der Waals surface area contributed by atoms with Gasteiger partial charge in [-0.15, -0.1) is 0 Å². The fourth-order valence-electron chi connectivity index (χ4n) is 3.55. The second-order valence-electron chi connectivity index (χ2n) is 6.10. The summed E-state index contributed by atoms with van der Waals surface area (Å²) in [6.07, 6.45) is 9.21. The van der Waals surface area contributed by atoms with E-state index in [2.05, 4.69) is 10.5 Å². The van der Waals surface area contributed by atoms with Gasteiger partial charge in [0.1, 0.15) is 0 Å². The van der Waals surface area contributed by atoms with Gasteiger partial charge in [0.2, 0.25) is 5.91 Å². The molecule has 2 fully saturated rings. The molecule has 1 aromatic carbocycles. The Balaban J connectivity index is 1.54. The van der Waals surface area contributed by atoms with Gasteiger partial charge in [0.25, 0.3) is 0 Å². The third kappa shape index (κ3) is 3.46. The van der Waals surface area contributed by atoms with E-state index in [1.54, 1.807) is 6.21 Å². The fraction of sp³-hybridized carbons (Fsp3) is 0.529. The molecule has 1 amide bonds. The van der Waals surface area contributed by atoms with Crippen LogP contribution >= 0.6 is 11.6 Å². The van der Waals surface area contributed by atoms with E-state index in [4.69, 9.17) is 11.6 Å². The lowest BCUT2D eigenvalue weighted by atomic mass is 10.0. The molecule has 112 valence electrons. The van der Waals surface area contributed by atoms with Crippen LogP contribution in [0.5, 0.6) is 0 Å². The van der Waals surface area contributed by atoms with Gasteiger partial charge in [-0.2, -0.15) is 5.10 Å². The molecule has 2 aliphatic carbocycles. The first-order valence-corrected chi connectivity index (χ1v) is 8.22. The van der Waals surface area contributed by atoms with Crippen LogP contribution in [0, 0.1) is 17.8 Å². The topological polar surface area (TPSA) is 41.5 Å². The van der Waals surface area contributed by atoms with Crippen molar-refractivity contribution in [2.45, 2.75) is 38.5 Å². The number of carbonyl (C=O) groups excluding carboxylic acids is 1. The molecule has 4 heteroatoms. The van der Waals surface area contributed by atoms with Crippen molar-refractivity contribution < 1.29 is 4.79 Å². The van der Waals surface area contributed by atoms with Gasteiger partial charge in [-0.1, -0.05) is 55.5 Å². The van der Waals surface area contributed by atoms with Crippen LogP contribution in [0.15, 0.2) is 29.4 Å². The molecule has 3 rings (SSSR count). The average Bonchev–Trinajstić information content (AvgIpc) is 3.12. The molecule has 0 bridgehead atoms. The van der Waals surface area contributed by atoms with E-state index in [9.17, 15) is 4.79 Å². The molecular formula is C17H21ClN2O. The van der Waals surface area contributed by atoms with Gasteiger partial charge in [0.05, 0.1) is 6.21 Å². The van der Waals surface area contributed by atoms with Crippen LogP contribution in [0.1, 0.15) is 44.1 Å². The number of rotatable bonds is 3. The number of amides is 1. The Morgan fingerprint density at radius 1 is 1.14 bits per heavy atom. The minimum atomic E-state index is 0.0789. The van der Waals surface area contributed by atoms with E-state index in [0.29, 0.717) is 16.9 Å². The summed E-state index contributed by atoms with van der Waals surface area (Å²) in [5, 5.41) is 4.70. The third-order valence-corrected chi connectivity index (χ3v) is 5.09. The summed E-state index contributed by atoms with van der Waals surface area (Å²) in [5.74, 6) is 1.46. The van der Waals surface area contributed by atoms with Gasteiger partial charge in [-0.25, -0.2) is 5.43 Å². The number of nitrogens with zero attached hydrogens (tertiary/aromatic N) is 1. The molecule has 0 saturated heterocycles. The van der Waals surface area contributed by atoms with Crippen molar-refractivity contribution in [2.24, 2.45) is 22.9 Å². The van der Waals surface area contributed by atoms with Crippen molar-refractivity contribution in [2.75, 3.05) is 0 Å². The van der Waals surface area contributed by atoms with Gasteiger partial charge in [0, 0.05) is 16.5 Å². The first-order chi connectivity index (χ1) is 10.3. The zero-order valence-corrected chi connectivity index (χ0v) is 12.9. The number of carbonyl (C=O) groups is 1. The van der Waals surface area contributed by atoms with Gasteiger partial charge in [-0.3, -0.25) is 4.79 Å². The van der Waals surface area contributed by atoms with E-state index in [1.165, 1.54) is 38.5 Å². The highest BCUT2D eigenvalue weighted by Crippen LogP contribution is 2.53. The van der Waals surface area contributed by atoms with Crippen molar-refractivity contribution in [3.05, 3.63) is 34.9 Å². The van der Waals surface area contributed by atoms with Crippen molar-refractivity contribution >= 4 is 23.7 Å². The Labute approximate surface area is 130 Å². The second-order valence-corrected chi connectivity index (χ2v) is 6.51. The van der Waals surface area contributed by atoms with Crippen molar-refractivity contribution in [3.8, 4) is 0 Å². The Morgan fingerprint density at radius 3 is 2.48 bits per heavy atom. The smallest absolute Gasteiger partial charge is 0.243 e. The molecule has 1 aromatic rings. The SMILES string of the molecule is O=C(NN=Cc1ccccc1Cl)C1[C@@H]2CCCCCC[C@@H]12. The molecule has 0 spiro atoms. The lowest BCUT2D eigenvalue weighted by molar-refractivity contribution is -0.122. The fourth-order valence-corrected chi connectivity index (χ4v) is 3.74. The van der Waals surface area contributed by atoms with Gasteiger partial charge in [0.15, 0.2) is 0 Å². The average molecular weight is 305 g/mol. The highest BCUT2D eigenvalue weighted by atomic mass is 35.5. The Bertz CT molecular complexity index is 529. The Hall–Kier alpha value is -1.35. The minimum absolute atomic E-state index is 0.0789. The van der Waals surface area contributed by atoms with Crippen molar-refractivity contribution in [1.82, 2.24) is 5.43 Å². The normalized spacial score (nSPS) is 28.5. The van der Waals surface area contributed by atoms with Crippen molar-refractivity contribution in [1.29, 1.82) is 0 Å². The van der Waals surface area contributed by atoms with Crippen LogP contribution in [0.2, 0.25) is 5.02 Å². The summed E-state index contributed by atoms with van der Waals surface area (Å²) in [7, 11) is 0. The maximum absolute atomic E-state index is 12.2. The number of fused-ring (bicyclic) bond motifs is 1. The van der Waals surface area contributed by atoms with Gasteiger partial charge >= 0.3 is 0 Å². The second kappa shape index (κ2) is 6.61. The zero-order valence-electron chi connectivity index (χ0n) is 12.1. The zero-order chi connectivity index (χ0) is 14.7. The first-order valence-electron chi connectivity index (χ1n) is 7.85. The lowest BCUT2D eigenvalue weighted by Crippen LogP contribution is -2.21. The van der Waals surface area contributed by atoms with E-state index in [1.807, 2.05) is 24.3 Å². The lowest BCUT2D eigenvalue weighted by Gasteiger charge is -2.04. The summed E-state index contributed by atoms with van der Waals surface area (Å²) in [4.78, 5) is 12.2. The Kier molecular flexibility index (Phi) is 4.59. The van der Waals surface area contributed by atoms with E-state index >= 15 is 0 Å². The molecular weight excluding hydrogens is 284 g/mol. The summed E-state index contributed by atoms with van der Waals surface area (Å²) in [5.41, 5.74) is 3.51. The maximum atomic E-state index is 12.2. The summed E-state index contributed by atoms with van der Waals surface area (Å²) < 4.78 is 0. The molecule has 0 radical (unpaired) electrons. The largest absolute Gasteiger partial charge is 0.273 e. The maximum Gasteiger partial charge on any atom is 0.243 e. The summed E-state index contributed by atoms with van der Waals surface area (Å²) in [6, 6.07) is 7.47. The molecule has 2 aliphatic rings. The number of hydrogen-bond donors (Lipinski definition) is 1. The number of benzene rings is 1. The molecule has 0 heterocycles. The highest BCUT2D eigenvalue weighted by Gasteiger charge is 2.53. The molecule has 21 heavy (non-hydrogen) atoms. The summed E-state index contributed by atoms with van der Waals surface area (Å²) in [6.45, 7) is 0. The minimum Gasteiger partial charge on any atom is -0.273 e. The van der Waals surface area contributed by atoms with Crippen LogP contribution in [0.25, 0.3) is 0 Å². The van der Waals surface area contributed by atoms with Gasteiger partial charge in [-0.05, 0) is 30.7 Å². The number of hydrazone groups is 1. The quantitative estimate of drug-likeness (QED) is 0.665. The van der Waals surface area contributed by atoms with Crippen molar-refractivity contribution in [3.63, 3.8) is 0 Å². The standard InChI is InChI=1S/C17H21ClN2O/c18-15-10-6-5-7-12(15)11-19-20-17(21)16-13-8-3-1-2-4-9-14(13)16/h5-7,10-11,13-14,16H,1-4,8-9H2,(H,20,21)/t13-,14-/m1/s1.